The zero-order chi connectivity index (χ0) is 12.0. The van der Waals surface area contributed by atoms with Gasteiger partial charge in [-0.1, -0.05) is 5.73 Å². The van der Waals surface area contributed by atoms with Crippen molar-refractivity contribution in [3.8, 4) is 0 Å². The summed E-state index contributed by atoms with van der Waals surface area (Å²) in [6.07, 6.45) is 3.54. The van der Waals surface area contributed by atoms with Gasteiger partial charge in [0.15, 0.2) is 0 Å². The van der Waals surface area contributed by atoms with Crippen molar-refractivity contribution in [2.24, 2.45) is 0 Å². The zero-order valence-corrected chi connectivity index (χ0v) is 8.74. The van der Waals surface area contributed by atoms with E-state index in [4.69, 9.17) is 0 Å². The molecule has 0 saturated heterocycles. The van der Waals surface area contributed by atoms with E-state index in [2.05, 4.69) is 16.8 Å². The molecule has 0 radical (unpaired) electrons. The highest BCUT2D eigenvalue weighted by Crippen LogP contribution is 2.04. The van der Waals surface area contributed by atoms with E-state index in [1.807, 2.05) is 0 Å². The number of nitrogens with one attached hydrogen (secondary N) is 1. The number of carboxylic acids is 1. The van der Waals surface area contributed by atoms with Crippen LogP contribution in [-0.4, -0.2) is 16.4 Å². The van der Waals surface area contributed by atoms with Crippen molar-refractivity contribution in [1.82, 2.24) is 9.88 Å². The third-order valence-electron chi connectivity index (χ3n) is 2.76. The summed E-state index contributed by atoms with van der Waals surface area (Å²) in [6, 6.07) is 0. The van der Waals surface area contributed by atoms with Crippen molar-refractivity contribution in [3.05, 3.63) is 34.1 Å². The van der Waals surface area contributed by atoms with Gasteiger partial charge in [0.25, 0.3) is 0 Å². The molecule has 0 spiro atoms. The molecule has 5 heteroatoms. The van der Waals surface area contributed by atoms with E-state index in [-0.39, 0.29) is 18.9 Å². The van der Waals surface area contributed by atoms with Gasteiger partial charge in [-0.2, -0.15) is 0 Å². The molecule has 2 aliphatic rings. The summed E-state index contributed by atoms with van der Waals surface area (Å²) in [5, 5.41) is 14.8. The molecule has 0 saturated carbocycles. The highest BCUT2D eigenvalue weighted by Gasteiger charge is 2.19. The Balaban J connectivity index is 2.34. The molecule has 0 atom stereocenters. The Kier molecular flexibility index (Phi) is 1.86. The first-order chi connectivity index (χ1) is 8.15. The molecule has 84 valence electrons. The average Bonchev–Trinajstić information content (AvgIpc) is 2.57. The van der Waals surface area contributed by atoms with Crippen LogP contribution in [0.4, 0.5) is 0 Å². The lowest BCUT2D eigenvalue weighted by atomic mass is 10.1. The van der Waals surface area contributed by atoms with Crippen LogP contribution >= 0.6 is 0 Å². The van der Waals surface area contributed by atoms with Crippen molar-refractivity contribution in [3.63, 3.8) is 0 Å². The Hall–Kier alpha value is -2.48. The topological polar surface area (TPSA) is 74.2 Å². The summed E-state index contributed by atoms with van der Waals surface area (Å²) >= 11 is 0. The smallest absolute Gasteiger partial charge is 0.228 e. The van der Waals surface area contributed by atoms with Gasteiger partial charge >= 0.3 is 0 Å². The molecule has 0 fully saturated rings. The second-order valence-corrected chi connectivity index (χ2v) is 3.93. The van der Waals surface area contributed by atoms with E-state index in [0.717, 1.165) is 10.8 Å². The summed E-state index contributed by atoms with van der Waals surface area (Å²) in [5.41, 5.74) is 7.09. The molecule has 1 aromatic rings. The monoisotopic (exact) mass is 227 g/mol. The number of amides is 1. The van der Waals surface area contributed by atoms with E-state index < -0.39 is 5.97 Å². The average molecular weight is 227 g/mol. The van der Waals surface area contributed by atoms with Crippen molar-refractivity contribution in [2.45, 2.75) is 13.0 Å². The molecule has 0 aromatic carbocycles. The van der Waals surface area contributed by atoms with E-state index in [9.17, 15) is 14.7 Å². The molecule has 17 heavy (non-hydrogen) atoms. The number of hydrogen-bond donors (Lipinski definition) is 1. The summed E-state index contributed by atoms with van der Waals surface area (Å²) in [6.45, 7) is -0.252. The Morgan fingerprint density at radius 3 is 3.18 bits per heavy atom. The van der Waals surface area contributed by atoms with Crippen molar-refractivity contribution < 1.29 is 14.7 Å². The van der Waals surface area contributed by atoms with E-state index in [1.165, 1.54) is 4.57 Å². The number of hydrogen-bond acceptors (Lipinski definition) is 3. The third kappa shape index (κ3) is 1.42. The fourth-order valence-electron chi connectivity index (χ4n) is 2.16. The number of rotatable bonds is 2. The maximum Gasteiger partial charge on any atom is 0.228 e. The first-order valence-corrected chi connectivity index (χ1v) is 5.09. The standard InChI is InChI=1S/C12H8N2O3/c15-10-4-7-5-14(6-11(16)17)9-3-1-2-8(13-10)12(7)9/h2,5H,4,6H2,(H,13,15)(H,16,17)/p-1. The molecule has 1 amide bonds. The first-order valence-electron chi connectivity index (χ1n) is 5.09. The number of carbonyl (C=O) groups excluding carboxylic acids is 2. The lowest BCUT2D eigenvalue weighted by molar-refractivity contribution is -0.306. The van der Waals surface area contributed by atoms with Crippen LogP contribution in [0.2, 0.25) is 0 Å². The first kappa shape index (κ1) is 9.73. The number of carbonyl (C=O) groups is 2. The Morgan fingerprint density at radius 1 is 1.59 bits per heavy atom. The summed E-state index contributed by atoms with van der Waals surface area (Å²) < 4.78 is 1.51. The van der Waals surface area contributed by atoms with Gasteiger partial charge in [0.05, 0.1) is 24.6 Å². The molecule has 1 N–H and O–H groups in total. The maximum atomic E-state index is 11.4. The highest BCUT2D eigenvalue weighted by molar-refractivity contribution is 5.89. The fourth-order valence-corrected chi connectivity index (χ4v) is 2.16. The van der Waals surface area contributed by atoms with Crippen molar-refractivity contribution in [2.75, 3.05) is 0 Å². The summed E-state index contributed by atoms with van der Waals surface area (Å²) in [7, 11) is 0. The lowest BCUT2D eigenvalue weighted by Gasteiger charge is -2.11. The molecule has 2 heterocycles. The number of aliphatic carboxylic acids is 1. The fraction of sp³-hybridized carbons (Fsp3) is 0.167. The molecular weight excluding hydrogens is 220 g/mol. The molecular formula is C12H7N2O3-. The Morgan fingerprint density at radius 2 is 2.41 bits per heavy atom. The normalized spacial score (nSPS) is 15.3. The Labute approximate surface area is 95.7 Å². The van der Waals surface area contributed by atoms with Crippen molar-refractivity contribution in [1.29, 1.82) is 0 Å². The predicted molar refractivity (Wildman–Crippen MR) is 55.4 cm³/mol. The van der Waals surface area contributed by atoms with Crippen LogP contribution in [0, 0.1) is 0 Å². The lowest BCUT2D eigenvalue weighted by Crippen LogP contribution is -2.43. The molecule has 5 nitrogen and oxygen atoms in total. The van der Waals surface area contributed by atoms with Gasteiger partial charge in [0, 0.05) is 17.5 Å². The third-order valence-corrected chi connectivity index (χ3v) is 2.76. The minimum absolute atomic E-state index is 0.107. The van der Waals surface area contributed by atoms with Crippen LogP contribution in [-0.2, 0) is 22.6 Å². The number of carboxylic acid groups (broad SMARTS) is 1. The van der Waals surface area contributed by atoms with Gasteiger partial charge in [0.1, 0.15) is 5.35 Å². The van der Waals surface area contributed by atoms with Gasteiger partial charge in [-0.05, 0) is 11.3 Å². The highest BCUT2D eigenvalue weighted by atomic mass is 16.4. The SMILES string of the molecule is O=C([O-])Cn1cc2c3c1=C=C=CC=3NC(=O)C2. The van der Waals surface area contributed by atoms with E-state index in [1.54, 1.807) is 12.3 Å². The van der Waals surface area contributed by atoms with Crippen LogP contribution in [0.15, 0.2) is 18.0 Å². The van der Waals surface area contributed by atoms with Crippen LogP contribution < -0.4 is 21.0 Å². The minimum atomic E-state index is -1.18. The minimum Gasteiger partial charge on any atom is -0.548 e. The summed E-state index contributed by atoms with van der Waals surface area (Å²) in [5.74, 6) is -1.28. The molecule has 3 rings (SSSR count). The van der Waals surface area contributed by atoms with Crippen LogP contribution in [0.1, 0.15) is 5.56 Å². The molecule has 1 aromatic heterocycles. The van der Waals surface area contributed by atoms with Gasteiger partial charge < -0.3 is 19.8 Å². The molecule has 0 bridgehead atoms. The Bertz CT molecular complexity index is 741. The molecule has 1 aliphatic heterocycles. The second kappa shape index (κ2) is 3.25. The summed E-state index contributed by atoms with van der Waals surface area (Å²) in [4.78, 5) is 22.1. The zero-order valence-electron chi connectivity index (χ0n) is 8.74. The molecule has 1 aliphatic carbocycles. The molecule has 0 unspecified atom stereocenters. The van der Waals surface area contributed by atoms with E-state index >= 15 is 0 Å². The van der Waals surface area contributed by atoms with Gasteiger partial charge in [-0.25, -0.2) is 0 Å². The number of aromatic nitrogens is 1. The largest absolute Gasteiger partial charge is 0.548 e. The van der Waals surface area contributed by atoms with Crippen LogP contribution in [0.25, 0.3) is 11.4 Å². The van der Waals surface area contributed by atoms with Crippen LogP contribution in [0.5, 0.6) is 0 Å². The van der Waals surface area contributed by atoms with E-state index in [0.29, 0.717) is 11.0 Å². The van der Waals surface area contributed by atoms with Gasteiger partial charge in [-0.3, -0.25) is 4.79 Å². The predicted octanol–water partition coefficient (Wildman–Crippen LogP) is -2.88. The maximum absolute atomic E-state index is 11.4. The second-order valence-electron chi connectivity index (χ2n) is 3.93. The van der Waals surface area contributed by atoms with Gasteiger partial charge in [0.2, 0.25) is 5.91 Å². The van der Waals surface area contributed by atoms with Gasteiger partial charge in [-0.15, -0.1) is 0 Å². The quantitative estimate of drug-likeness (QED) is 0.552. The number of nitrogens with zero attached hydrogens (tertiary/aromatic N) is 1. The van der Waals surface area contributed by atoms with Crippen LogP contribution in [0.3, 0.4) is 0 Å². The van der Waals surface area contributed by atoms with Crippen molar-refractivity contribution >= 4 is 23.3 Å².